The zero-order valence-corrected chi connectivity index (χ0v) is 14.8. The SMILES string of the molecule is NCCCCC(NC(=O)C1CCCC1)C(=O)COc1c(F)cccc1F. The number of ether oxygens (including phenoxy) is 1. The molecule has 1 aromatic rings. The van der Waals surface area contributed by atoms with Gasteiger partial charge in [0.1, 0.15) is 6.61 Å². The first kappa shape index (κ1) is 20.3. The van der Waals surface area contributed by atoms with Crippen LogP contribution in [0.15, 0.2) is 18.2 Å². The van der Waals surface area contributed by atoms with Crippen molar-refractivity contribution in [1.82, 2.24) is 5.32 Å². The minimum Gasteiger partial charge on any atom is -0.480 e. The Labute approximate surface area is 152 Å². The minimum atomic E-state index is -0.868. The smallest absolute Gasteiger partial charge is 0.223 e. The molecule has 0 heterocycles. The van der Waals surface area contributed by atoms with Gasteiger partial charge in [0.25, 0.3) is 0 Å². The van der Waals surface area contributed by atoms with Gasteiger partial charge in [-0.3, -0.25) is 9.59 Å². The van der Waals surface area contributed by atoms with E-state index in [1.165, 1.54) is 6.07 Å². The van der Waals surface area contributed by atoms with Gasteiger partial charge in [0.05, 0.1) is 6.04 Å². The van der Waals surface area contributed by atoms with Crippen LogP contribution in [0, 0.1) is 17.6 Å². The number of hydrogen-bond acceptors (Lipinski definition) is 4. The molecule has 1 aromatic carbocycles. The minimum absolute atomic E-state index is 0.0651. The maximum absolute atomic E-state index is 13.6. The molecule has 5 nitrogen and oxygen atoms in total. The highest BCUT2D eigenvalue weighted by Gasteiger charge is 2.27. The van der Waals surface area contributed by atoms with Crippen LogP contribution >= 0.6 is 0 Å². The van der Waals surface area contributed by atoms with Crippen molar-refractivity contribution in [2.24, 2.45) is 11.7 Å². The number of amides is 1. The Kier molecular flexibility index (Phi) is 7.97. The van der Waals surface area contributed by atoms with Crippen molar-refractivity contribution in [3.05, 3.63) is 29.8 Å². The molecule has 2 rings (SSSR count). The molecule has 0 aliphatic heterocycles. The summed E-state index contributed by atoms with van der Waals surface area (Å²) in [6.45, 7) is -0.00941. The van der Waals surface area contributed by atoms with Gasteiger partial charge < -0.3 is 15.8 Å². The first-order valence-electron chi connectivity index (χ1n) is 9.13. The van der Waals surface area contributed by atoms with Crippen LogP contribution in [-0.2, 0) is 9.59 Å². The number of ketones is 1. The molecule has 1 amide bonds. The van der Waals surface area contributed by atoms with Crippen molar-refractivity contribution in [3.8, 4) is 5.75 Å². The van der Waals surface area contributed by atoms with Crippen LogP contribution in [0.3, 0.4) is 0 Å². The average Bonchev–Trinajstić information content (AvgIpc) is 3.15. The Balaban J connectivity index is 1.96. The van der Waals surface area contributed by atoms with Crippen LogP contribution in [-0.4, -0.2) is 30.9 Å². The number of hydrogen-bond donors (Lipinski definition) is 2. The van der Waals surface area contributed by atoms with E-state index >= 15 is 0 Å². The van der Waals surface area contributed by atoms with E-state index in [4.69, 9.17) is 10.5 Å². The lowest BCUT2D eigenvalue weighted by molar-refractivity contribution is -0.131. The van der Waals surface area contributed by atoms with Crippen molar-refractivity contribution in [3.63, 3.8) is 0 Å². The number of carbonyl (C=O) groups is 2. The Morgan fingerprint density at radius 1 is 1.19 bits per heavy atom. The van der Waals surface area contributed by atoms with E-state index in [1.807, 2.05) is 0 Å². The number of unbranched alkanes of at least 4 members (excludes halogenated alkanes) is 1. The second-order valence-corrected chi connectivity index (χ2v) is 6.63. The van der Waals surface area contributed by atoms with E-state index in [-0.39, 0.29) is 11.8 Å². The molecule has 1 aliphatic carbocycles. The van der Waals surface area contributed by atoms with Gasteiger partial charge >= 0.3 is 0 Å². The zero-order chi connectivity index (χ0) is 18.9. The summed E-state index contributed by atoms with van der Waals surface area (Å²) in [7, 11) is 0. The van der Waals surface area contributed by atoms with Gasteiger partial charge in [0, 0.05) is 5.92 Å². The molecule has 0 spiro atoms. The lowest BCUT2D eigenvalue weighted by Crippen LogP contribution is -2.45. The normalized spacial score (nSPS) is 15.7. The Hall–Kier alpha value is -2.02. The maximum atomic E-state index is 13.6. The molecule has 1 saturated carbocycles. The van der Waals surface area contributed by atoms with Crippen molar-refractivity contribution < 1.29 is 23.1 Å². The molecule has 144 valence electrons. The van der Waals surface area contributed by atoms with Gasteiger partial charge in [-0.1, -0.05) is 18.9 Å². The number of rotatable bonds is 10. The monoisotopic (exact) mass is 368 g/mol. The fourth-order valence-electron chi connectivity index (χ4n) is 3.15. The third-order valence-corrected chi connectivity index (χ3v) is 4.66. The summed E-state index contributed by atoms with van der Waals surface area (Å²) in [5.74, 6) is -2.92. The second-order valence-electron chi connectivity index (χ2n) is 6.63. The van der Waals surface area contributed by atoms with Gasteiger partial charge in [-0.05, 0) is 50.8 Å². The summed E-state index contributed by atoms with van der Waals surface area (Å²) >= 11 is 0. The first-order valence-corrected chi connectivity index (χ1v) is 9.13. The third kappa shape index (κ3) is 5.76. The molecule has 7 heteroatoms. The second kappa shape index (κ2) is 10.2. The standard InChI is InChI=1S/C19H26F2N2O3/c20-14-8-5-9-15(21)18(14)26-12-17(24)16(10-3-4-11-22)23-19(25)13-6-1-2-7-13/h5,8-9,13,16H,1-4,6-7,10-12,22H2,(H,23,25). The van der Waals surface area contributed by atoms with Crippen LogP contribution in [0.25, 0.3) is 0 Å². The van der Waals surface area contributed by atoms with Crippen LogP contribution < -0.4 is 15.8 Å². The van der Waals surface area contributed by atoms with E-state index in [1.54, 1.807) is 0 Å². The number of carbonyl (C=O) groups excluding carboxylic acids is 2. The topological polar surface area (TPSA) is 81.4 Å². The highest BCUT2D eigenvalue weighted by Crippen LogP contribution is 2.25. The van der Waals surface area contributed by atoms with Crippen LogP contribution in [0.1, 0.15) is 44.9 Å². The summed E-state index contributed by atoms with van der Waals surface area (Å²) in [5, 5.41) is 2.79. The van der Waals surface area contributed by atoms with Crippen molar-refractivity contribution in [1.29, 1.82) is 0 Å². The fraction of sp³-hybridized carbons (Fsp3) is 0.579. The lowest BCUT2D eigenvalue weighted by atomic mass is 10.0. The van der Waals surface area contributed by atoms with Crippen molar-refractivity contribution >= 4 is 11.7 Å². The van der Waals surface area contributed by atoms with E-state index in [0.717, 1.165) is 44.2 Å². The molecular formula is C19H26F2N2O3. The molecule has 1 unspecified atom stereocenters. The Morgan fingerprint density at radius 3 is 2.46 bits per heavy atom. The third-order valence-electron chi connectivity index (χ3n) is 4.66. The average molecular weight is 368 g/mol. The highest BCUT2D eigenvalue weighted by molar-refractivity contribution is 5.90. The quantitative estimate of drug-likeness (QED) is 0.622. The zero-order valence-electron chi connectivity index (χ0n) is 14.8. The van der Waals surface area contributed by atoms with Crippen LogP contribution in [0.5, 0.6) is 5.75 Å². The maximum Gasteiger partial charge on any atom is 0.223 e. The van der Waals surface area contributed by atoms with E-state index in [2.05, 4.69) is 5.32 Å². The molecule has 3 N–H and O–H groups in total. The summed E-state index contributed by atoms with van der Waals surface area (Å²) < 4.78 is 32.3. The fourth-order valence-corrected chi connectivity index (χ4v) is 3.15. The number of nitrogens with two attached hydrogens (primary N) is 1. The molecule has 1 atom stereocenters. The highest BCUT2D eigenvalue weighted by atomic mass is 19.1. The number of Topliss-reactive ketones (excluding diaryl/α,β-unsaturated/α-hetero) is 1. The van der Waals surface area contributed by atoms with Crippen molar-refractivity contribution in [2.75, 3.05) is 13.2 Å². The van der Waals surface area contributed by atoms with Gasteiger partial charge in [-0.25, -0.2) is 8.78 Å². The molecule has 0 aromatic heterocycles. The van der Waals surface area contributed by atoms with Crippen LogP contribution in [0.2, 0.25) is 0 Å². The molecule has 0 bridgehead atoms. The molecule has 0 radical (unpaired) electrons. The number of benzene rings is 1. The van der Waals surface area contributed by atoms with E-state index < -0.39 is 35.8 Å². The first-order chi connectivity index (χ1) is 12.5. The number of nitrogens with one attached hydrogen (secondary N) is 1. The van der Waals surface area contributed by atoms with Crippen LogP contribution in [0.4, 0.5) is 8.78 Å². The van der Waals surface area contributed by atoms with Gasteiger partial charge in [0.15, 0.2) is 23.2 Å². The molecule has 1 aliphatic rings. The van der Waals surface area contributed by atoms with Gasteiger partial charge in [0.2, 0.25) is 5.91 Å². The summed E-state index contributed by atoms with van der Waals surface area (Å²) in [5.41, 5.74) is 5.48. The van der Waals surface area contributed by atoms with E-state index in [9.17, 15) is 18.4 Å². The Bertz CT molecular complexity index is 599. The molecule has 0 saturated heterocycles. The molecular weight excluding hydrogens is 342 g/mol. The Morgan fingerprint density at radius 2 is 1.85 bits per heavy atom. The van der Waals surface area contributed by atoms with Gasteiger partial charge in [-0.15, -0.1) is 0 Å². The van der Waals surface area contributed by atoms with Crippen molar-refractivity contribution in [2.45, 2.75) is 51.0 Å². The summed E-state index contributed by atoms with van der Waals surface area (Å²) in [4.78, 5) is 24.8. The number of halogens is 2. The number of para-hydroxylation sites is 1. The molecule has 1 fully saturated rings. The van der Waals surface area contributed by atoms with Gasteiger partial charge in [-0.2, -0.15) is 0 Å². The lowest BCUT2D eigenvalue weighted by Gasteiger charge is -2.20. The predicted octanol–water partition coefficient (Wildman–Crippen LogP) is 2.72. The summed E-state index contributed by atoms with van der Waals surface area (Å²) in [6, 6.07) is 2.61. The molecule has 26 heavy (non-hydrogen) atoms. The van der Waals surface area contributed by atoms with E-state index in [0.29, 0.717) is 19.4 Å². The summed E-state index contributed by atoms with van der Waals surface area (Å²) in [6.07, 6.45) is 5.51. The largest absolute Gasteiger partial charge is 0.480 e. The predicted molar refractivity (Wildman–Crippen MR) is 93.7 cm³/mol.